The number of piperidine rings is 1. The van der Waals surface area contributed by atoms with Gasteiger partial charge in [-0.05, 0) is 32.4 Å². The largest absolute Gasteiger partial charge is 0.370 e. The molecule has 1 aromatic carbocycles. The molecule has 0 spiro atoms. The number of likely N-dealkylation sites (N-methyl/N-ethyl adjacent to an activating group) is 1. The fourth-order valence-electron chi connectivity index (χ4n) is 2.55. The van der Waals surface area contributed by atoms with Gasteiger partial charge in [-0.2, -0.15) is 0 Å². The lowest BCUT2D eigenvalue weighted by Gasteiger charge is -2.34. The third-order valence-electron chi connectivity index (χ3n) is 3.67. The SMILES string of the molecule is Cc1c(N(C)C2CCCNC2)cccc1[N+](=O)[O-]. The Balaban J connectivity index is 2.26. The minimum absolute atomic E-state index is 0.197. The Labute approximate surface area is 107 Å². The summed E-state index contributed by atoms with van der Waals surface area (Å²) in [6.45, 7) is 3.83. The third kappa shape index (κ3) is 2.46. The maximum Gasteiger partial charge on any atom is 0.274 e. The zero-order chi connectivity index (χ0) is 13.1. The number of hydrogen-bond acceptors (Lipinski definition) is 4. The first-order chi connectivity index (χ1) is 8.61. The van der Waals surface area contributed by atoms with Gasteiger partial charge >= 0.3 is 0 Å². The van der Waals surface area contributed by atoms with E-state index in [-0.39, 0.29) is 10.6 Å². The normalized spacial score (nSPS) is 19.6. The highest BCUT2D eigenvalue weighted by atomic mass is 16.6. The molecular weight excluding hydrogens is 230 g/mol. The molecule has 5 heteroatoms. The van der Waals surface area contributed by atoms with E-state index in [0.29, 0.717) is 6.04 Å². The Hall–Kier alpha value is -1.62. The van der Waals surface area contributed by atoms with Crippen LogP contribution in [-0.4, -0.2) is 31.1 Å². The van der Waals surface area contributed by atoms with Crippen molar-refractivity contribution in [3.63, 3.8) is 0 Å². The maximum atomic E-state index is 10.9. The number of hydrogen-bond donors (Lipinski definition) is 1. The summed E-state index contributed by atoms with van der Waals surface area (Å²) in [5.74, 6) is 0. The number of benzene rings is 1. The zero-order valence-corrected chi connectivity index (χ0v) is 10.8. The van der Waals surface area contributed by atoms with E-state index in [1.165, 1.54) is 0 Å². The van der Waals surface area contributed by atoms with Gasteiger partial charge in [0.05, 0.1) is 10.5 Å². The molecule has 0 amide bonds. The van der Waals surface area contributed by atoms with Crippen molar-refractivity contribution < 1.29 is 4.92 Å². The summed E-state index contributed by atoms with van der Waals surface area (Å²) in [7, 11) is 2.02. The number of anilines is 1. The molecule has 18 heavy (non-hydrogen) atoms. The summed E-state index contributed by atoms with van der Waals surface area (Å²) >= 11 is 0. The van der Waals surface area contributed by atoms with Gasteiger partial charge in [0.2, 0.25) is 0 Å². The first kappa shape index (κ1) is 12.8. The lowest BCUT2D eigenvalue weighted by atomic mass is 10.0. The summed E-state index contributed by atoms with van der Waals surface area (Å²) in [6.07, 6.45) is 2.29. The summed E-state index contributed by atoms with van der Waals surface area (Å²) < 4.78 is 0. The summed E-state index contributed by atoms with van der Waals surface area (Å²) in [6, 6.07) is 5.69. The van der Waals surface area contributed by atoms with Crippen LogP contribution in [0.2, 0.25) is 0 Å². The van der Waals surface area contributed by atoms with E-state index in [1.807, 2.05) is 20.0 Å². The van der Waals surface area contributed by atoms with Gasteiger partial charge in [0.15, 0.2) is 0 Å². The second kappa shape index (κ2) is 5.35. The molecule has 1 aromatic rings. The number of nitrogens with one attached hydrogen (secondary N) is 1. The van der Waals surface area contributed by atoms with Crippen LogP contribution in [0, 0.1) is 17.0 Å². The molecule has 1 unspecified atom stereocenters. The predicted molar refractivity (Wildman–Crippen MR) is 72.1 cm³/mol. The molecule has 0 saturated carbocycles. The van der Waals surface area contributed by atoms with Gasteiger partial charge in [0, 0.05) is 31.4 Å². The van der Waals surface area contributed by atoms with Crippen LogP contribution in [0.3, 0.4) is 0 Å². The van der Waals surface area contributed by atoms with E-state index < -0.39 is 0 Å². The van der Waals surface area contributed by atoms with Crippen molar-refractivity contribution >= 4 is 11.4 Å². The highest BCUT2D eigenvalue weighted by Crippen LogP contribution is 2.29. The summed E-state index contributed by atoms with van der Waals surface area (Å²) in [5, 5.41) is 14.3. The highest BCUT2D eigenvalue weighted by molar-refractivity contribution is 5.61. The van der Waals surface area contributed by atoms with Crippen LogP contribution >= 0.6 is 0 Å². The van der Waals surface area contributed by atoms with Crippen molar-refractivity contribution in [1.82, 2.24) is 5.32 Å². The number of rotatable bonds is 3. The van der Waals surface area contributed by atoms with E-state index in [4.69, 9.17) is 0 Å². The molecule has 1 fully saturated rings. The molecule has 1 N–H and O–H groups in total. The third-order valence-corrected chi connectivity index (χ3v) is 3.67. The van der Waals surface area contributed by atoms with E-state index in [2.05, 4.69) is 10.2 Å². The molecule has 0 radical (unpaired) electrons. The topological polar surface area (TPSA) is 58.4 Å². The monoisotopic (exact) mass is 249 g/mol. The average Bonchev–Trinajstić information content (AvgIpc) is 2.39. The van der Waals surface area contributed by atoms with Gasteiger partial charge < -0.3 is 10.2 Å². The lowest BCUT2D eigenvalue weighted by Crippen LogP contribution is -2.44. The molecule has 0 aromatic heterocycles. The lowest BCUT2D eigenvalue weighted by molar-refractivity contribution is -0.385. The van der Waals surface area contributed by atoms with E-state index in [9.17, 15) is 10.1 Å². The number of nitro benzene ring substituents is 1. The van der Waals surface area contributed by atoms with Crippen molar-refractivity contribution in [2.75, 3.05) is 25.0 Å². The molecule has 0 bridgehead atoms. The molecule has 5 nitrogen and oxygen atoms in total. The van der Waals surface area contributed by atoms with Crippen molar-refractivity contribution in [3.05, 3.63) is 33.9 Å². The van der Waals surface area contributed by atoms with E-state index in [0.717, 1.165) is 37.2 Å². The van der Waals surface area contributed by atoms with Crippen molar-refractivity contribution in [3.8, 4) is 0 Å². The highest BCUT2D eigenvalue weighted by Gasteiger charge is 2.22. The number of nitro groups is 1. The van der Waals surface area contributed by atoms with Crippen LogP contribution in [0.1, 0.15) is 18.4 Å². The molecule has 1 aliphatic rings. The second-order valence-corrected chi connectivity index (χ2v) is 4.79. The first-order valence-corrected chi connectivity index (χ1v) is 6.29. The Bertz CT molecular complexity index is 442. The van der Waals surface area contributed by atoms with Gasteiger partial charge in [-0.25, -0.2) is 0 Å². The zero-order valence-electron chi connectivity index (χ0n) is 10.8. The van der Waals surface area contributed by atoms with Gasteiger partial charge in [0.25, 0.3) is 5.69 Å². The fourth-order valence-corrected chi connectivity index (χ4v) is 2.55. The molecule has 1 aliphatic heterocycles. The van der Waals surface area contributed by atoms with E-state index >= 15 is 0 Å². The van der Waals surface area contributed by atoms with Crippen molar-refractivity contribution in [1.29, 1.82) is 0 Å². The molecule has 98 valence electrons. The number of nitrogens with zero attached hydrogens (tertiary/aromatic N) is 2. The minimum atomic E-state index is -0.314. The Morgan fingerprint density at radius 1 is 1.50 bits per heavy atom. The van der Waals surface area contributed by atoms with Crippen molar-refractivity contribution in [2.24, 2.45) is 0 Å². The minimum Gasteiger partial charge on any atom is -0.370 e. The molecule has 2 rings (SSSR count). The molecule has 1 heterocycles. The standard InChI is InChI=1S/C13H19N3O2/c1-10-12(6-3-7-13(10)16(17)18)15(2)11-5-4-8-14-9-11/h3,6-7,11,14H,4-5,8-9H2,1-2H3. The van der Waals surface area contributed by atoms with Crippen LogP contribution in [0.25, 0.3) is 0 Å². The summed E-state index contributed by atoms with van der Waals surface area (Å²) in [5.41, 5.74) is 1.90. The van der Waals surface area contributed by atoms with Crippen LogP contribution in [0.4, 0.5) is 11.4 Å². The summed E-state index contributed by atoms with van der Waals surface area (Å²) in [4.78, 5) is 12.8. The smallest absolute Gasteiger partial charge is 0.274 e. The Kier molecular flexibility index (Phi) is 3.81. The van der Waals surface area contributed by atoms with Crippen LogP contribution < -0.4 is 10.2 Å². The van der Waals surface area contributed by atoms with Crippen LogP contribution in [-0.2, 0) is 0 Å². The van der Waals surface area contributed by atoms with Crippen LogP contribution in [0.5, 0.6) is 0 Å². The first-order valence-electron chi connectivity index (χ1n) is 6.29. The van der Waals surface area contributed by atoms with E-state index in [1.54, 1.807) is 12.1 Å². The second-order valence-electron chi connectivity index (χ2n) is 4.79. The molecular formula is C13H19N3O2. The van der Waals surface area contributed by atoms with Gasteiger partial charge in [-0.3, -0.25) is 10.1 Å². The van der Waals surface area contributed by atoms with Gasteiger partial charge in [-0.1, -0.05) is 6.07 Å². The maximum absolute atomic E-state index is 10.9. The Morgan fingerprint density at radius 3 is 2.89 bits per heavy atom. The molecule has 0 aliphatic carbocycles. The van der Waals surface area contributed by atoms with Gasteiger partial charge in [0.1, 0.15) is 0 Å². The molecule has 1 saturated heterocycles. The van der Waals surface area contributed by atoms with Gasteiger partial charge in [-0.15, -0.1) is 0 Å². The van der Waals surface area contributed by atoms with Crippen LogP contribution in [0.15, 0.2) is 18.2 Å². The quantitative estimate of drug-likeness (QED) is 0.658. The average molecular weight is 249 g/mol. The van der Waals surface area contributed by atoms with Crippen molar-refractivity contribution in [2.45, 2.75) is 25.8 Å². The molecule has 1 atom stereocenters. The Morgan fingerprint density at radius 2 is 2.28 bits per heavy atom. The fraction of sp³-hybridized carbons (Fsp3) is 0.538. The predicted octanol–water partition coefficient (Wildman–Crippen LogP) is 2.09.